The third-order valence-corrected chi connectivity index (χ3v) is 4.60. The van der Waals surface area contributed by atoms with Crippen molar-refractivity contribution >= 4 is 11.7 Å². The molecular weight excluding hydrogens is 264 g/mol. The zero-order valence-corrected chi connectivity index (χ0v) is 12.9. The fraction of sp³-hybridized carbons (Fsp3) is 0.625. The number of nitrogens with zero attached hydrogens (tertiary/aromatic N) is 3. The van der Waals surface area contributed by atoms with Gasteiger partial charge in [0.05, 0.1) is 0 Å². The molecule has 114 valence electrons. The Kier molecular flexibility index (Phi) is 4.10. The van der Waals surface area contributed by atoms with E-state index in [1.807, 2.05) is 11.1 Å². The van der Waals surface area contributed by atoms with E-state index in [1.54, 1.807) is 0 Å². The van der Waals surface area contributed by atoms with Gasteiger partial charge in [0.15, 0.2) is 0 Å². The van der Waals surface area contributed by atoms with E-state index in [0.29, 0.717) is 24.4 Å². The number of fused-ring (bicyclic) bond motifs is 1. The van der Waals surface area contributed by atoms with Crippen LogP contribution in [-0.2, 0) is 4.79 Å². The highest BCUT2D eigenvalue weighted by Gasteiger charge is 2.35. The predicted molar refractivity (Wildman–Crippen MR) is 83.3 cm³/mol. The van der Waals surface area contributed by atoms with Crippen LogP contribution in [0.5, 0.6) is 0 Å². The van der Waals surface area contributed by atoms with E-state index >= 15 is 0 Å². The summed E-state index contributed by atoms with van der Waals surface area (Å²) >= 11 is 0. The normalized spacial score (nSPS) is 23.3. The number of carbonyl (C=O) groups excluding carboxylic acids is 1. The van der Waals surface area contributed by atoms with Gasteiger partial charge in [-0.25, -0.2) is 4.98 Å². The molecule has 0 radical (unpaired) electrons. The largest absolute Gasteiger partial charge is 0.353 e. The van der Waals surface area contributed by atoms with Crippen LogP contribution in [0.2, 0.25) is 0 Å². The van der Waals surface area contributed by atoms with Crippen LogP contribution >= 0.6 is 0 Å². The molecule has 1 amide bonds. The lowest BCUT2D eigenvalue weighted by atomic mass is 10.1. The smallest absolute Gasteiger partial charge is 0.223 e. The Morgan fingerprint density at radius 1 is 1.48 bits per heavy atom. The van der Waals surface area contributed by atoms with E-state index in [1.165, 1.54) is 5.56 Å². The summed E-state index contributed by atoms with van der Waals surface area (Å²) in [5.74, 6) is 1.36. The van der Waals surface area contributed by atoms with Crippen LogP contribution in [-0.4, -0.2) is 48.0 Å². The van der Waals surface area contributed by atoms with Gasteiger partial charge in [-0.15, -0.1) is 0 Å². The maximum atomic E-state index is 11.8. The molecule has 3 rings (SSSR count). The molecule has 3 heterocycles. The fourth-order valence-corrected chi connectivity index (χ4v) is 3.37. The monoisotopic (exact) mass is 288 g/mol. The Morgan fingerprint density at radius 3 is 3.14 bits per heavy atom. The molecule has 2 atom stereocenters. The van der Waals surface area contributed by atoms with E-state index < -0.39 is 0 Å². The van der Waals surface area contributed by atoms with E-state index in [9.17, 15) is 4.79 Å². The summed E-state index contributed by atoms with van der Waals surface area (Å²) in [4.78, 5) is 20.6. The van der Waals surface area contributed by atoms with Crippen LogP contribution in [0.25, 0.3) is 0 Å². The van der Waals surface area contributed by atoms with E-state index in [0.717, 1.165) is 38.4 Å². The number of hydrogen-bond acceptors (Lipinski definition) is 4. The molecule has 0 aliphatic carbocycles. The second-order valence-corrected chi connectivity index (χ2v) is 5.95. The number of nitrogens with one attached hydrogen (secondary N) is 1. The molecule has 0 bridgehead atoms. The lowest BCUT2D eigenvalue weighted by Crippen LogP contribution is -2.51. The molecule has 1 aromatic heterocycles. The average Bonchev–Trinajstić information content (AvgIpc) is 2.88. The Bertz CT molecular complexity index is 519. The number of hydrogen-bond donors (Lipinski definition) is 1. The zero-order chi connectivity index (χ0) is 14.8. The van der Waals surface area contributed by atoms with Gasteiger partial charge in [0.25, 0.3) is 0 Å². The lowest BCUT2D eigenvalue weighted by molar-refractivity contribution is -0.129. The summed E-state index contributed by atoms with van der Waals surface area (Å²) < 4.78 is 0. The molecular formula is C16H24N4O. The molecule has 0 aromatic carbocycles. The maximum Gasteiger partial charge on any atom is 0.223 e. The van der Waals surface area contributed by atoms with Crippen molar-refractivity contribution in [3.63, 3.8) is 0 Å². The highest BCUT2D eigenvalue weighted by Crippen LogP contribution is 2.26. The summed E-state index contributed by atoms with van der Waals surface area (Å²) in [6, 6.07) is 4.97. The van der Waals surface area contributed by atoms with Gasteiger partial charge >= 0.3 is 0 Å². The van der Waals surface area contributed by atoms with Crippen LogP contribution in [0.1, 0.15) is 38.3 Å². The predicted octanol–water partition coefficient (Wildman–Crippen LogP) is 1.56. The van der Waals surface area contributed by atoms with Crippen molar-refractivity contribution in [2.45, 2.75) is 38.8 Å². The van der Waals surface area contributed by atoms with Crippen LogP contribution in [0.15, 0.2) is 18.3 Å². The SMILES string of the molecule is CCNC(C)c1ccnc(N2CCN3C(=O)CCC3C2)c1. The number of carbonyl (C=O) groups is 1. The number of piperazine rings is 1. The van der Waals surface area contributed by atoms with Crippen molar-refractivity contribution in [3.05, 3.63) is 23.9 Å². The summed E-state index contributed by atoms with van der Waals surface area (Å²) in [5, 5.41) is 3.44. The van der Waals surface area contributed by atoms with Gasteiger partial charge in [-0.2, -0.15) is 0 Å². The number of amides is 1. The third kappa shape index (κ3) is 2.88. The van der Waals surface area contributed by atoms with Crippen molar-refractivity contribution in [2.75, 3.05) is 31.1 Å². The van der Waals surface area contributed by atoms with Crippen LogP contribution in [0.4, 0.5) is 5.82 Å². The highest BCUT2D eigenvalue weighted by atomic mass is 16.2. The molecule has 2 aliphatic rings. The van der Waals surface area contributed by atoms with Gasteiger partial charge < -0.3 is 15.1 Å². The standard InChI is InChI=1S/C16H24N4O/c1-3-17-12(2)13-6-7-18-15(10-13)19-8-9-20-14(11-19)4-5-16(20)21/h6-7,10,12,14,17H,3-5,8-9,11H2,1-2H3. The molecule has 1 aromatic rings. The average molecular weight is 288 g/mol. The molecule has 2 unspecified atom stereocenters. The molecule has 21 heavy (non-hydrogen) atoms. The number of pyridine rings is 1. The van der Waals surface area contributed by atoms with Crippen LogP contribution < -0.4 is 10.2 Å². The first-order chi connectivity index (χ1) is 10.2. The Labute approximate surface area is 126 Å². The van der Waals surface area contributed by atoms with Crippen LogP contribution in [0.3, 0.4) is 0 Å². The minimum absolute atomic E-state index is 0.321. The van der Waals surface area contributed by atoms with Gasteiger partial charge in [-0.1, -0.05) is 6.92 Å². The molecule has 2 saturated heterocycles. The quantitative estimate of drug-likeness (QED) is 0.913. The summed E-state index contributed by atoms with van der Waals surface area (Å²) in [5.41, 5.74) is 1.27. The minimum atomic E-state index is 0.321. The molecule has 5 heteroatoms. The van der Waals surface area contributed by atoms with Gasteiger partial charge in [0.1, 0.15) is 5.82 Å². The molecule has 0 spiro atoms. The summed E-state index contributed by atoms with van der Waals surface area (Å²) in [6.07, 6.45) is 3.59. The van der Waals surface area contributed by atoms with E-state index in [-0.39, 0.29) is 0 Å². The summed E-state index contributed by atoms with van der Waals surface area (Å²) in [6.45, 7) is 7.89. The topological polar surface area (TPSA) is 48.5 Å². The van der Waals surface area contributed by atoms with Crippen molar-refractivity contribution in [3.8, 4) is 0 Å². The van der Waals surface area contributed by atoms with Crippen molar-refractivity contribution in [1.29, 1.82) is 0 Å². The Morgan fingerprint density at radius 2 is 2.33 bits per heavy atom. The summed E-state index contributed by atoms with van der Waals surface area (Å²) in [7, 11) is 0. The van der Waals surface area contributed by atoms with Gasteiger partial charge in [0.2, 0.25) is 5.91 Å². The molecule has 2 fully saturated rings. The molecule has 5 nitrogen and oxygen atoms in total. The molecule has 2 aliphatic heterocycles. The first-order valence-corrected chi connectivity index (χ1v) is 7.92. The fourth-order valence-electron chi connectivity index (χ4n) is 3.37. The maximum absolute atomic E-state index is 11.8. The second kappa shape index (κ2) is 6.02. The number of rotatable bonds is 4. The third-order valence-electron chi connectivity index (χ3n) is 4.60. The van der Waals surface area contributed by atoms with Gasteiger partial charge in [-0.05, 0) is 37.6 Å². The van der Waals surface area contributed by atoms with Gasteiger partial charge in [-0.3, -0.25) is 4.79 Å². The Hall–Kier alpha value is -1.62. The molecule has 1 N–H and O–H groups in total. The molecule has 0 saturated carbocycles. The Balaban J connectivity index is 1.72. The van der Waals surface area contributed by atoms with Gasteiger partial charge in [0, 0.05) is 44.3 Å². The first-order valence-electron chi connectivity index (χ1n) is 7.92. The number of aromatic nitrogens is 1. The first kappa shape index (κ1) is 14.3. The lowest BCUT2D eigenvalue weighted by Gasteiger charge is -2.38. The van der Waals surface area contributed by atoms with Crippen molar-refractivity contribution < 1.29 is 4.79 Å². The minimum Gasteiger partial charge on any atom is -0.353 e. The second-order valence-electron chi connectivity index (χ2n) is 5.95. The zero-order valence-electron chi connectivity index (χ0n) is 12.9. The van der Waals surface area contributed by atoms with Crippen molar-refractivity contribution in [2.24, 2.45) is 0 Å². The highest BCUT2D eigenvalue weighted by molar-refractivity contribution is 5.79. The van der Waals surface area contributed by atoms with Crippen LogP contribution in [0, 0.1) is 0 Å². The van der Waals surface area contributed by atoms with E-state index in [2.05, 4.69) is 41.2 Å². The van der Waals surface area contributed by atoms with E-state index in [4.69, 9.17) is 0 Å². The number of anilines is 1. The van der Waals surface area contributed by atoms with Crippen molar-refractivity contribution in [1.82, 2.24) is 15.2 Å².